The van der Waals surface area contributed by atoms with Gasteiger partial charge < -0.3 is 9.73 Å². The molecule has 0 saturated heterocycles. The number of para-hydroxylation sites is 1. The van der Waals surface area contributed by atoms with Crippen LogP contribution in [0, 0.1) is 0 Å². The summed E-state index contributed by atoms with van der Waals surface area (Å²) < 4.78 is 5.63. The Morgan fingerprint density at radius 3 is 2.34 bits per heavy atom. The summed E-state index contributed by atoms with van der Waals surface area (Å²) in [5.41, 5.74) is 3.94. The van der Waals surface area contributed by atoms with E-state index in [0.717, 1.165) is 23.2 Å². The number of nitrogens with one attached hydrogen (secondary N) is 1. The minimum absolute atomic E-state index is 0.116. The summed E-state index contributed by atoms with van der Waals surface area (Å²) >= 11 is 1.22. The fourth-order valence-corrected chi connectivity index (χ4v) is 3.45. The van der Waals surface area contributed by atoms with Crippen LogP contribution in [0.4, 0.5) is 5.69 Å². The topological polar surface area (TPSA) is 68.0 Å². The van der Waals surface area contributed by atoms with Crippen LogP contribution in [0.25, 0.3) is 11.5 Å². The van der Waals surface area contributed by atoms with Gasteiger partial charge in [0.2, 0.25) is 11.8 Å². The van der Waals surface area contributed by atoms with Gasteiger partial charge in [0.05, 0.1) is 5.75 Å². The highest BCUT2D eigenvalue weighted by molar-refractivity contribution is 7.99. The van der Waals surface area contributed by atoms with Crippen LogP contribution in [0.1, 0.15) is 11.1 Å². The van der Waals surface area contributed by atoms with Crippen molar-refractivity contribution in [2.75, 3.05) is 11.1 Å². The van der Waals surface area contributed by atoms with Crippen molar-refractivity contribution in [3.8, 4) is 11.5 Å². The largest absolute Gasteiger partial charge is 0.411 e. The van der Waals surface area contributed by atoms with Gasteiger partial charge in [0.15, 0.2) is 0 Å². The molecule has 0 spiro atoms. The van der Waals surface area contributed by atoms with Gasteiger partial charge in [-0.15, -0.1) is 10.2 Å². The van der Waals surface area contributed by atoms with E-state index in [1.54, 1.807) is 0 Å². The van der Waals surface area contributed by atoms with E-state index in [1.165, 1.54) is 17.3 Å². The molecule has 0 aliphatic carbocycles. The second-order valence-electron chi connectivity index (χ2n) is 6.40. The van der Waals surface area contributed by atoms with Gasteiger partial charge in [0.25, 0.3) is 5.22 Å². The Balaban J connectivity index is 1.36. The molecule has 5 nitrogen and oxygen atoms in total. The number of nitrogens with zero attached hydrogens (tertiary/aromatic N) is 2. The molecular weight excluding hydrogens is 382 g/mol. The lowest BCUT2D eigenvalue weighted by Crippen LogP contribution is -2.15. The van der Waals surface area contributed by atoms with E-state index >= 15 is 0 Å². The Labute approximate surface area is 173 Å². The average Bonchev–Trinajstić information content (AvgIpc) is 3.24. The molecule has 0 aliphatic rings. The van der Waals surface area contributed by atoms with Crippen LogP contribution in [-0.4, -0.2) is 21.9 Å². The Kier molecular flexibility index (Phi) is 6.02. The summed E-state index contributed by atoms with van der Waals surface area (Å²) in [5, 5.41) is 11.4. The van der Waals surface area contributed by atoms with Crippen LogP contribution in [-0.2, 0) is 11.2 Å². The molecule has 1 heterocycles. The van der Waals surface area contributed by atoms with Crippen molar-refractivity contribution in [1.82, 2.24) is 10.2 Å². The molecule has 1 N–H and O–H groups in total. The first-order chi connectivity index (χ1) is 14.3. The first-order valence-electron chi connectivity index (χ1n) is 9.21. The zero-order valence-corrected chi connectivity index (χ0v) is 16.4. The van der Waals surface area contributed by atoms with Crippen LogP contribution in [0.15, 0.2) is 94.6 Å². The third-order valence-electron chi connectivity index (χ3n) is 4.28. The maximum atomic E-state index is 12.4. The minimum Gasteiger partial charge on any atom is -0.411 e. The van der Waals surface area contributed by atoms with Gasteiger partial charge in [-0.25, -0.2) is 0 Å². The van der Waals surface area contributed by atoms with E-state index in [2.05, 4.69) is 27.6 Å². The average molecular weight is 401 g/mol. The van der Waals surface area contributed by atoms with Gasteiger partial charge in [-0.2, -0.15) is 0 Å². The van der Waals surface area contributed by atoms with Crippen LogP contribution in [0.3, 0.4) is 0 Å². The number of carbonyl (C=O) groups is 1. The fourth-order valence-electron chi connectivity index (χ4n) is 2.89. The fraction of sp³-hybridized carbons (Fsp3) is 0.0870. The normalized spacial score (nSPS) is 10.6. The molecule has 144 valence electrons. The molecule has 0 radical (unpaired) electrons. The van der Waals surface area contributed by atoms with E-state index in [4.69, 9.17) is 4.42 Å². The smallest absolute Gasteiger partial charge is 0.277 e. The van der Waals surface area contributed by atoms with Gasteiger partial charge in [0, 0.05) is 11.3 Å². The van der Waals surface area contributed by atoms with Crippen molar-refractivity contribution < 1.29 is 9.21 Å². The molecule has 0 atom stereocenters. The molecule has 0 saturated carbocycles. The molecule has 1 aromatic heterocycles. The number of rotatable bonds is 7. The lowest BCUT2D eigenvalue weighted by molar-refractivity contribution is -0.113. The molecule has 29 heavy (non-hydrogen) atoms. The van der Waals surface area contributed by atoms with Crippen molar-refractivity contribution in [2.45, 2.75) is 11.6 Å². The predicted molar refractivity (Wildman–Crippen MR) is 115 cm³/mol. The Hall–Kier alpha value is -3.38. The second-order valence-corrected chi connectivity index (χ2v) is 7.32. The van der Waals surface area contributed by atoms with Crippen LogP contribution in [0.2, 0.25) is 0 Å². The summed E-state index contributed by atoms with van der Waals surface area (Å²) in [6.45, 7) is 0. The van der Waals surface area contributed by atoms with E-state index in [1.807, 2.05) is 72.8 Å². The monoisotopic (exact) mass is 401 g/mol. The van der Waals surface area contributed by atoms with Gasteiger partial charge in [-0.05, 0) is 35.7 Å². The Bertz CT molecular complexity index is 1080. The van der Waals surface area contributed by atoms with Gasteiger partial charge in [0.1, 0.15) is 0 Å². The quantitative estimate of drug-likeness (QED) is 0.439. The lowest BCUT2D eigenvalue weighted by Gasteiger charge is -2.11. The number of hydrogen-bond acceptors (Lipinski definition) is 5. The third-order valence-corrected chi connectivity index (χ3v) is 5.10. The van der Waals surface area contributed by atoms with Crippen LogP contribution in [0.5, 0.6) is 0 Å². The number of benzene rings is 3. The molecule has 0 fully saturated rings. The summed E-state index contributed by atoms with van der Waals surface area (Å²) in [5.74, 6) is 0.521. The number of thioether (sulfide) groups is 1. The van der Waals surface area contributed by atoms with E-state index in [-0.39, 0.29) is 11.7 Å². The maximum Gasteiger partial charge on any atom is 0.277 e. The van der Waals surface area contributed by atoms with Gasteiger partial charge >= 0.3 is 0 Å². The number of carbonyl (C=O) groups excluding carboxylic acids is 1. The number of aromatic nitrogens is 2. The molecular formula is C23H19N3O2S. The van der Waals surface area contributed by atoms with Crippen molar-refractivity contribution in [2.24, 2.45) is 0 Å². The van der Waals surface area contributed by atoms with Crippen LogP contribution >= 0.6 is 11.8 Å². The van der Waals surface area contributed by atoms with Crippen molar-refractivity contribution in [3.63, 3.8) is 0 Å². The summed E-state index contributed by atoms with van der Waals surface area (Å²) in [4.78, 5) is 12.4. The lowest BCUT2D eigenvalue weighted by atomic mass is 10.0. The first-order valence-corrected chi connectivity index (χ1v) is 10.2. The van der Waals surface area contributed by atoms with E-state index in [0.29, 0.717) is 11.1 Å². The second kappa shape index (κ2) is 9.21. The highest BCUT2D eigenvalue weighted by Crippen LogP contribution is 2.24. The molecule has 4 rings (SSSR count). The van der Waals surface area contributed by atoms with Crippen molar-refractivity contribution in [3.05, 3.63) is 96.1 Å². The Morgan fingerprint density at radius 2 is 1.55 bits per heavy atom. The minimum atomic E-state index is -0.116. The number of hydrogen-bond donors (Lipinski definition) is 1. The first kappa shape index (κ1) is 19.0. The number of amides is 1. The van der Waals surface area contributed by atoms with E-state index < -0.39 is 0 Å². The van der Waals surface area contributed by atoms with E-state index in [9.17, 15) is 4.79 Å². The summed E-state index contributed by atoms with van der Waals surface area (Å²) in [6.07, 6.45) is 0.758. The van der Waals surface area contributed by atoms with Gasteiger partial charge in [-0.3, -0.25) is 4.79 Å². The van der Waals surface area contributed by atoms with Crippen LogP contribution < -0.4 is 5.32 Å². The van der Waals surface area contributed by atoms with Gasteiger partial charge in [-0.1, -0.05) is 78.5 Å². The van der Waals surface area contributed by atoms with Crippen molar-refractivity contribution >= 4 is 23.4 Å². The SMILES string of the molecule is O=C(CSc1nnc(-c2ccccc2)o1)Nc1ccccc1Cc1ccccc1. The number of anilines is 1. The Morgan fingerprint density at radius 1 is 0.862 bits per heavy atom. The molecule has 4 aromatic rings. The maximum absolute atomic E-state index is 12.4. The molecule has 0 aliphatic heterocycles. The molecule has 0 unspecified atom stereocenters. The standard InChI is InChI=1S/C23H19N3O2S/c27-21(16-29-23-26-25-22(28-23)18-11-5-2-6-12-18)24-20-14-8-7-13-19(20)15-17-9-3-1-4-10-17/h1-14H,15-16H2,(H,24,27). The third kappa shape index (κ3) is 5.12. The summed E-state index contributed by atoms with van der Waals surface area (Å²) in [7, 11) is 0. The molecule has 6 heteroatoms. The summed E-state index contributed by atoms with van der Waals surface area (Å²) in [6, 6.07) is 27.6. The molecule has 0 bridgehead atoms. The van der Waals surface area contributed by atoms with Crippen molar-refractivity contribution in [1.29, 1.82) is 0 Å². The molecule has 1 amide bonds. The zero-order chi connectivity index (χ0) is 19.9. The predicted octanol–water partition coefficient (Wildman–Crippen LogP) is 5.06. The zero-order valence-electron chi connectivity index (χ0n) is 15.6. The molecule has 3 aromatic carbocycles. The highest BCUT2D eigenvalue weighted by atomic mass is 32.2. The highest BCUT2D eigenvalue weighted by Gasteiger charge is 2.12.